The zero-order valence-corrected chi connectivity index (χ0v) is 20.1. The lowest BCUT2D eigenvalue weighted by molar-refractivity contribution is -0.142. The van der Waals surface area contributed by atoms with Crippen molar-refractivity contribution in [2.24, 2.45) is 5.92 Å². The number of thioether (sulfide) groups is 1. The fraction of sp³-hybridized carbons (Fsp3) is 0.840. The van der Waals surface area contributed by atoms with E-state index >= 15 is 0 Å². The van der Waals surface area contributed by atoms with Gasteiger partial charge in [0.15, 0.2) is 0 Å². The van der Waals surface area contributed by atoms with Gasteiger partial charge in [-0.1, -0.05) is 37.3 Å². The first-order valence-corrected chi connectivity index (χ1v) is 13.7. The third kappa shape index (κ3) is 5.32. The maximum atomic E-state index is 13.1. The molecule has 174 valence electrons. The predicted molar refractivity (Wildman–Crippen MR) is 126 cm³/mol. The number of carbonyl (C=O) groups is 2. The summed E-state index contributed by atoms with van der Waals surface area (Å²) in [5.41, 5.74) is 1.45. The Hall–Kier alpha value is -1.01. The van der Waals surface area contributed by atoms with E-state index in [0.717, 1.165) is 50.4 Å². The minimum Gasteiger partial charge on any atom is -0.378 e. The summed E-state index contributed by atoms with van der Waals surface area (Å²) in [6, 6.07) is -0.221. The molecule has 31 heavy (non-hydrogen) atoms. The average molecular weight is 449 g/mol. The van der Waals surface area contributed by atoms with Gasteiger partial charge in [0.25, 0.3) is 0 Å². The van der Waals surface area contributed by atoms with Gasteiger partial charge in [0.2, 0.25) is 11.8 Å². The van der Waals surface area contributed by atoms with Crippen LogP contribution in [0.15, 0.2) is 11.6 Å². The standard InChI is InChI=1S/C25H40N2O3S/c1-30-25(13-5-2-6-14-25)21-9-4-3-8-20(18-21)11-12-23(28)27-15-7-10-22(27)24(29)26-16-17-31-19-26/h18,21-22H,2-17,19H2,1H3/t21?,22-/m1/s1. The highest BCUT2D eigenvalue weighted by Crippen LogP contribution is 2.42. The fourth-order valence-electron chi connectivity index (χ4n) is 6.20. The monoisotopic (exact) mass is 448 g/mol. The zero-order valence-electron chi connectivity index (χ0n) is 19.3. The quantitative estimate of drug-likeness (QED) is 0.550. The molecule has 2 atom stereocenters. The van der Waals surface area contributed by atoms with Gasteiger partial charge in [0.1, 0.15) is 6.04 Å². The Kier molecular flexibility index (Phi) is 8.02. The molecule has 1 unspecified atom stereocenters. The number of hydrogen-bond acceptors (Lipinski definition) is 4. The lowest BCUT2D eigenvalue weighted by Gasteiger charge is -2.41. The van der Waals surface area contributed by atoms with E-state index in [0.29, 0.717) is 12.3 Å². The molecule has 1 saturated carbocycles. The van der Waals surface area contributed by atoms with E-state index < -0.39 is 0 Å². The van der Waals surface area contributed by atoms with Gasteiger partial charge < -0.3 is 14.5 Å². The zero-order chi connectivity index (χ0) is 21.7. The Morgan fingerprint density at radius 3 is 2.68 bits per heavy atom. The lowest BCUT2D eigenvalue weighted by Crippen LogP contribution is -2.47. The second-order valence-electron chi connectivity index (χ2n) is 9.89. The van der Waals surface area contributed by atoms with E-state index in [9.17, 15) is 9.59 Å². The van der Waals surface area contributed by atoms with Gasteiger partial charge in [-0.05, 0) is 51.4 Å². The molecule has 0 spiro atoms. The van der Waals surface area contributed by atoms with Gasteiger partial charge in [0, 0.05) is 38.3 Å². The van der Waals surface area contributed by atoms with Crippen LogP contribution in [0, 0.1) is 5.92 Å². The van der Waals surface area contributed by atoms with Gasteiger partial charge in [-0.15, -0.1) is 11.8 Å². The van der Waals surface area contributed by atoms with E-state index in [2.05, 4.69) is 6.08 Å². The molecule has 2 aliphatic carbocycles. The second-order valence-corrected chi connectivity index (χ2v) is 11.0. The van der Waals surface area contributed by atoms with Crippen LogP contribution in [-0.2, 0) is 14.3 Å². The molecular formula is C25H40N2O3S. The fourth-order valence-corrected chi connectivity index (χ4v) is 7.15. The third-order valence-electron chi connectivity index (χ3n) is 8.06. The number of likely N-dealkylation sites (tertiary alicyclic amines) is 1. The van der Waals surface area contributed by atoms with Crippen LogP contribution in [-0.4, -0.2) is 65.1 Å². The maximum Gasteiger partial charge on any atom is 0.246 e. The molecule has 4 rings (SSSR count). The molecule has 2 amide bonds. The first-order chi connectivity index (χ1) is 15.1. The highest BCUT2D eigenvalue weighted by Gasteiger charge is 2.40. The second kappa shape index (κ2) is 10.7. The molecule has 3 fully saturated rings. The van der Waals surface area contributed by atoms with E-state index in [4.69, 9.17) is 4.74 Å². The van der Waals surface area contributed by atoms with E-state index in [1.54, 1.807) is 0 Å². The molecule has 5 nitrogen and oxygen atoms in total. The van der Waals surface area contributed by atoms with Crippen molar-refractivity contribution in [3.05, 3.63) is 11.6 Å². The number of methoxy groups -OCH3 is 1. The molecule has 0 aromatic heterocycles. The highest BCUT2D eigenvalue weighted by molar-refractivity contribution is 7.99. The first-order valence-electron chi connectivity index (χ1n) is 12.5. The van der Waals surface area contributed by atoms with Crippen molar-refractivity contribution in [3.63, 3.8) is 0 Å². The molecule has 0 aromatic carbocycles. The molecule has 0 radical (unpaired) electrons. The number of amides is 2. The summed E-state index contributed by atoms with van der Waals surface area (Å²) in [6.45, 7) is 1.57. The largest absolute Gasteiger partial charge is 0.378 e. The van der Waals surface area contributed by atoms with Crippen molar-refractivity contribution in [2.45, 2.75) is 95.1 Å². The molecule has 6 heteroatoms. The van der Waals surface area contributed by atoms with Crippen LogP contribution in [0.3, 0.4) is 0 Å². The summed E-state index contributed by atoms with van der Waals surface area (Å²) in [5.74, 6) is 2.63. The Balaban J connectivity index is 1.37. The third-order valence-corrected chi connectivity index (χ3v) is 9.03. The number of carbonyl (C=O) groups excluding carboxylic acids is 2. The molecule has 4 aliphatic rings. The van der Waals surface area contributed by atoms with Crippen molar-refractivity contribution < 1.29 is 14.3 Å². The van der Waals surface area contributed by atoms with Gasteiger partial charge in [0.05, 0.1) is 11.5 Å². The highest BCUT2D eigenvalue weighted by atomic mass is 32.2. The van der Waals surface area contributed by atoms with Crippen molar-refractivity contribution in [1.29, 1.82) is 0 Å². The molecule has 2 aliphatic heterocycles. The smallest absolute Gasteiger partial charge is 0.246 e. The van der Waals surface area contributed by atoms with Crippen LogP contribution in [0.4, 0.5) is 0 Å². The maximum absolute atomic E-state index is 13.1. The molecular weight excluding hydrogens is 408 g/mol. The minimum absolute atomic E-state index is 0.0120. The van der Waals surface area contributed by atoms with Crippen LogP contribution in [0.1, 0.15) is 83.5 Å². The van der Waals surface area contributed by atoms with Crippen molar-refractivity contribution in [1.82, 2.24) is 9.80 Å². The summed E-state index contributed by atoms with van der Waals surface area (Å²) >= 11 is 1.81. The van der Waals surface area contributed by atoms with Crippen molar-refractivity contribution >= 4 is 23.6 Å². The molecule has 0 N–H and O–H groups in total. The van der Waals surface area contributed by atoms with E-state index in [1.165, 1.54) is 56.9 Å². The molecule has 0 aromatic rings. The Morgan fingerprint density at radius 2 is 1.94 bits per heavy atom. The van der Waals surface area contributed by atoms with E-state index in [1.807, 2.05) is 28.7 Å². The SMILES string of the molecule is COC1(C2C=C(CCC(=O)N3CCC[C@@H]3C(=O)N3CCSC3)CCCC2)CCCCC1. The molecule has 0 bridgehead atoms. The summed E-state index contributed by atoms with van der Waals surface area (Å²) < 4.78 is 6.15. The summed E-state index contributed by atoms with van der Waals surface area (Å²) in [4.78, 5) is 29.8. The predicted octanol–water partition coefficient (Wildman–Crippen LogP) is 4.76. The number of ether oxygens (including phenoxy) is 1. The first kappa shape index (κ1) is 23.2. The topological polar surface area (TPSA) is 49.9 Å². The summed E-state index contributed by atoms with van der Waals surface area (Å²) in [6.07, 6.45) is 16.6. The van der Waals surface area contributed by atoms with Crippen LogP contribution >= 0.6 is 11.8 Å². The number of hydrogen-bond donors (Lipinski definition) is 0. The van der Waals surface area contributed by atoms with Crippen molar-refractivity contribution in [2.75, 3.05) is 31.8 Å². The average Bonchev–Trinajstić information content (AvgIpc) is 3.46. The van der Waals surface area contributed by atoms with Crippen LogP contribution in [0.5, 0.6) is 0 Å². The summed E-state index contributed by atoms with van der Waals surface area (Å²) in [7, 11) is 1.90. The van der Waals surface area contributed by atoms with Gasteiger partial charge >= 0.3 is 0 Å². The van der Waals surface area contributed by atoms with Crippen LogP contribution in [0.2, 0.25) is 0 Å². The Bertz CT molecular complexity index is 668. The number of nitrogens with zero attached hydrogens (tertiary/aromatic N) is 2. The van der Waals surface area contributed by atoms with Gasteiger partial charge in [-0.3, -0.25) is 9.59 Å². The number of allylic oxidation sites excluding steroid dienone is 1. The van der Waals surface area contributed by atoms with Gasteiger partial charge in [-0.2, -0.15) is 0 Å². The van der Waals surface area contributed by atoms with Crippen molar-refractivity contribution in [3.8, 4) is 0 Å². The van der Waals surface area contributed by atoms with E-state index in [-0.39, 0.29) is 23.5 Å². The van der Waals surface area contributed by atoms with Crippen LogP contribution in [0.25, 0.3) is 0 Å². The Labute approximate surface area is 192 Å². The number of rotatable bonds is 6. The molecule has 2 saturated heterocycles. The minimum atomic E-state index is -0.221. The Morgan fingerprint density at radius 1 is 1.10 bits per heavy atom. The lowest BCUT2D eigenvalue weighted by atomic mass is 9.73. The van der Waals surface area contributed by atoms with Gasteiger partial charge in [-0.25, -0.2) is 0 Å². The van der Waals surface area contributed by atoms with Crippen LogP contribution < -0.4 is 0 Å². The normalized spacial score (nSPS) is 29.0. The molecule has 2 heterocycles. The summed E-state index contributed by atoms with van der Waals surface area (Å²) in [5, 5.41) is 0.